The van der Waals surface area contributed by atoms with E-state index in [1.54, 1.807) is 6.20 Å². The number of nitrogens with two attached hydrogens (primary N) is 1. The van der Waals surface area contributed by atoms with E-state index in [4.69, 9.17) is 5.73 Å². The lowest BCUT2D eigenvalue weighted by atomic mass is 9.91. The Balaban J connectivity index is 2.03. The number of carbonyl (C=O) groups is 1. The van der Waals surface area contributed by atoms with E-state index in [0.29, 0.717) is 5.92 Å². The van der Waals surface area contributed by atoms with Gasteiger partial charge in [0.05, 0.1) is 5.54 Å². The highest BCUT2D eigenvalue weighted by molar-refractivity contribution is 5.85. The first-order valence-corrected chi connectivity index (χ1v) is 7.12. The maximum atomic E-state index is 12.5. The molecule has 2 rings (SSSR count). The highest BCUT2D eigenvalue weighted by Crippen LogP contribution is 2.27. The summed E-state index contributed by atoms with van der Waals surface area (Å²) in [5, 5.41) is 7.00. The molecule has 3 N–H and O–H groups in total. The summed E-state index contributed by atoms with van der Waals surface area (Å²) in [5.41, 5.74) is 6.54. The number of nitrogens with one attached hydrogen (secondary N) is 1. The van der Waals surface area contributed by atoms with Crippen molar-refractivity contribution in [2.45, 2.75) is 51.0 Å². The smallest absolute Gasteiger partial charge is 0.242 e. The van der Waals surface area contributed by atoms with Gasteiger partial charge < -0.3 is 10.6 Å². The molecule has 0 spiro atoms. The van der Waals surface area contributed by atoms with Crippen LogP contribution in [0.3, 0.4) is 0 Å². The van der Waals surface area contributed by atoms with Gasteiger partial charge in [-0.3, -0.25) is 9.89 Å². The van der Waals surface area contributed by atoms with E-state index in [9.17, 15) is 4.79 Å². The standard InChI is InChI=1S/C14H24N4O/c1-3-7-14(2,15)13(19)18-9-4-5-11(10-18)12-6-8-16-17-12/h6,8,11H,3-5,7,9-10,15H2,1-2H3,(H,16,17). The van der Waals surface area contributed by atoms with Gasteiger partial charge in [-0.2, -0.15) is 5.10 Å². The van der Waals surface area contributed by atoms with Crippen LogP contribution in [-0.2, 0) is 4.79 Å². The van der Waals surface area contributed by atoms with Crippen LogP contribution in [0.4, 0.5) is 0 Å². The third kappa shape index (κ3) is 3.15. The summed E-state index contributed by atoms with van der Waals surface area (Å²) >= 11 is 0. The van der Waals surface area contributed by atoms with Gasteiger partial charge >= 0.3 is 0 Å². The monoisotopic (exact) mass is 264 g/mol. The van der Waals surface area contributed by atoms with E-state index >= 15 is 0 Å². The Bertz CT molecular complexity index is 413. The largest absolute Gasteiger partial charge is 0.340 e. The maximum absolute atomic E-state index is 12.5. The van der Waals surface area contributed by atoms with Crippen molar-refractivity contribution in [1.29, 1.82) is 0 Å². The molecule has 1 amide bonds. The second-order valence-electron chi connectivity index (χ2n) is 5.77. The molecule has 2 atom stereocenters. The van der Waals surface area contributed by atoms with Crippen molar-refractivity contribution in [3.8, 4) is 0 Å². The number of amides is 1. The van der Waals surface area contributed by atoms with Gasteiger partial charge in [-0.05, 0) is 32.3 Å². The lowest BCUT2D eigenvalue weighted by molar-refractivity contribution is -0.138. The van der Waals surface area contributed by atoms with Crippen molar-refractivity contribution in [3.05, 3.63) is 18.0 Å². The molecule has 106 valence electrons. The summed E-state index contributed by atoms with van der Waals surface area (Å²) < 4.78 is 0. The second-order valence-corrected chi connectivity index (χ2v) is 5.77. The lowest BCUT2D eigenvalue weighted by Crippen LogP contribution is -2.55. The molecule has 1 fully saturated rings. The van der Waals surface area contributed by atoms with E-state index < -0.39 is 5.54 Å². The second kappa shape index (κ2) is 5.74. The first-order chi connectivity index (χ1) is 9.04. The van der Waals surface area contributed by atoms with Crippen molar-refractivity contribution in [2.75, 3.05) is 13.1 Å². The molecule has 0 aromatic carbocycles. The molecule has 19 heavy (non-hydrogen) atoms. The molecule has 1 aromatic rings. The van der Waals surface area contributed by atoms with Crippen molar-refractivity contribution < 1.29 is 4.79 Å². The number of aromatic amines is 1. The van der Waals surface area contributed by atoms with E-state index in [1.165, 1.54) is 0 Å². The van der Waals surface area contributed by atoms with Crippen molar-refractivity contribution in [3.63, 3.8) is 0 Å². The van der Waals surface area contributed by atoms with E-state index in [2.05, 4.69) is 17.1 Å². The molecule has 5 heteroatoms. The van der Waals surface area contributed by atoms with Gasteiger partial charge in [0.25, 0.3) is 0 Å². The molecule has 0 bridgehead atoms. The summed E-state index contributed by atoms with van der Waals surface area (Å²) in [4.78, 5) is 14.4. The Kier molecular flexibility index (Phi) is 4.24. The quantitative estimate of drug-likeness (QED) is 0.868. The number of hydrogen-bond acceptors (Lipinski definition) is 3. The molecule has 0 saturated carbocycles. The molecule has 0 aliphatic carbocycles. The van der Waals surface area contributed by atoms with Crippen LogP contribution >= 0.6 is 0 Å². The van der Waals surface area contributed by atoms with Gasteiger partial charge in [-0.1, -0.05) is 13.3 Å². The topological polar surface area (TPSA) is 75.0 Å². The van der Waals surface area contributed by atoms with E-state index in [-0.39, 0.29) is 5.91 Å². The summed E-state index contributed by atoms with van der Waals surface area (Å²) in [6.45, 7) is 5.47. The molecular formula is C14H24N4O. The van der Waals surface area contributed by atoms with Crippen LogP contribution in [0.15, 0.2) is 12.3 Å². The highest BCUT2D eigenvalue weighted by Gasteiger charge is 2.34. The molecule has 1 aliphatic heterocycles. The van der Waals surface area contributed by atoms with Gasteiger partial charge in [0.1, 0.15) is 0 Å². The molecule has 1 aromatic heterocycles. The van der Waals surface area contributed by atoms with Crippen LogP contribution in [0.25, 0.3) is 0 Å². The fraction of sp³-hybridized carbons (Fsp3) is 0.714. The number of hydrogen-bond donors (Lipinski definition) is 2. The van der Waals surface area contributed by atoms with Gasteiger partial charge in [-0.25, -0.2) is 0 Å². The van der Waals surface area contributed by atoms with Crippen LogP contribution in [-0.4, -0.2) is 39.6 Å². The molecule has 5 nitrogen and oxygen atoms in total. The van der Waals surface area contributed by atoms with E-state index in [0.717, 1.165) is 44.5 Å². The lowest BCUT2D eigenvalue weighted by Gasteiger charge is -2.37. The minimum absolute atomic E-state index is 0.0820. The third-order valence-electron chi connectivity index (χ3n) is 3.93. The number of likely N-dealkylation sites (tertiary alicyclic amines) is 1. The zero-order valence-corrected chi connectivity index (χ0v) is 11.9. The predicted molar refractivity (Wildman–Crippen MR) is 74.6 cm³/mol. The Morgan fingerprint density at radius 2 is 2.47 bits per heavy atom. The average molecular weight is 264 g/mol. The van der Waals surface area contributed by atoms with Crippen LogP contribution in [0.2, 0.25) is 0 Å². The number of H-pyrrole nitrogens is 1. The summed E-state index contributed by atoms with van der Waals surface area (Å²) in [6.07, 6.45) is 5.55. The van der Waals surface area contributed by atoms with Gasteiger partial charge in [0, 0.05) is 30.9 Å². The van der Waals surface area contributed by atoms with Crippen LogP contribution < -0.4 is 5.73 Å². The zero-order valence-electron chi connectivity index (χ0n) is 11.9. The van der Waals surface area contributed by atoms with E-state index in [1.807, 2.05) is 17.9 Å². The normalized spacial score (nSPS) is 23.1. The SMILES string of the molecule is CCCC(C)(N)C(=O)N1CCCC(c2ccn[nH]2)C1. The number of nitrogens with zero attached hydrogens (tertiary/aromatic N) is 2. The van der Waals surface area contributed by atoms with Gasteiger partial charge in [0.15, 0.2) is 0 Å². The fourth-order valence-corrected chi connectivity index (χ4v) is 2.90. The first kappa shape index (κ1) is 14.1. The predicted octanol–water partition coefficient (Wildman–Crippen LogP) is 1.63. The molecular weight excluding hydrogens is 240 g/mol. The van der Waals surface area contributed by atoms with Crippen LogP contribution in [0.5, 0.6) is 0 Å². The summed E-state index contributed by atoms with van der Waals surface area (Å²) in [7, 11) is 0. The molecule has 0 radical (unpaired) electrons. The van der Waals surface area contributed by atoms with Gasteiger partial charge in [0.2, 0.25) is 5.91 Å². The number of rotatable bonds is 4. The highest BCUT2D eigenvalue weighted by atomic mass is 16.2. The summed E-state index contributed by atoms with van der Waals surface area (Å²) in [6, 6.07) is 1.99. The van der Waals surface area contributed by atoms with Gasteiger partial charge in [-0.15, -0.1) is 0 Å². The minimum Gasteiger partial charge on any atom is -0.340 e. The molecule has 1 saturated heterocycles. The van der Waals surface area contributed by atoms with Crippen molar-refractivity contribution in [1.82, 2.24) is 15.1 Å². The summed E-state index contributed by atoms with van der Waals surface area (Å²) in [5.74, 6) is 0.441. The Labute approximate surface area is 114 Å². The van der Waals surface area contributed by atoms with Crippen molar-refractivity contribution >= 4 is 5.91 Å². The molecule has 1 aliphatic rings. The Morgan fingerprint density at radius 3 is 3.11 bits per heavy atom. The first-order valence-electron chi connectivity index (χ1n) is 7.12. The Hall–Kier alpha value is -1.36. The number of carbonyl (C=O) groups excluding carboxylic acids is 1. The maximum Gasteiger partial charge on any atom is 0.242 e. The minimum atomic E-state index is -0.732. The molecule has 2 heterocycles. The molecule has 2 unspecified atom stereocenters. The Morgan fingerprint density at radius 1 is 1.68 bits per heavy atom. The van der Waals surface area contributed by atoms with Crippen molar-refractivity contribution in [2.24, 2.45) is 5.73 Å². The van der Waals surface area contributed by atoms with Crippen LogP contribution in [0, 0.1) is 0 Å². The zero-order chi connectivity index (χ0) is 13.9. The average Bonchev–Trinajstić information content (AvgIpc) is 2.92. The number of piperidine rings is 1. The fourth-order valence-electron chi connectivity index (χ4n) is 2.90. The van der Waals surface area contributed by atoms with Crippen LogP contribution in [0.1, 0.15) is 51.1 Å². The number of aromatic nitrogens is 2. The third-order valence-corrected chi connectivity index (χ3v) is 3.93.